The number of rotatable bonds is 7. The zero-order valence-corrected chi connectivity index (χ0v) is 17.3. The lowest BCUT2D eigenvalue weighted by molar-refractivity contribution is 0.415. The van der Waals surface area contributed by atoms with Crippen molar-refractivity contribution < 1.29 is 4.74 Å². The van der Waals surface area contributed by atoms with Gasteiger partial charge in [-0.25, -0.2) is 9.97 Å². The number of aromatic nitrogens is 4. The van der Waals surface area contributed by atoms with Crippen LogP contribution >= 0.6 is 23.1 Å². The third-order valence-corrected chi connectivity index (χ3v) is 6.14. The van der Waals surface area contributed by atoms with Crippen molar-refractivity contribution in [2.45, 2.75) is 24.3 Å². The Kier molecular flexibility index (Phi) is 5.73. The number of hydrogen-bond acceptors (Lipinski definition) is 6. The van der Waals surface area contributed by atoms with Crippen molar-refractivity contribution >= 4 is 23.1 Å². The SMILES string of the molecule is CCc1ccc(-c2nc(SCc3csc(-c4cccc(OC)c4)n3)n[nH]2)cc1. The van der Waals surface area contributed by atoms with Crippen LogP contribution in [0.2, 0.25) is 0 Å². The minimum absolute atomic E-state index is 0.727. The van der Waals surface area contributed by atoms with Crippen LogP contribution in [0.5, 0.6) is 5.75 Å². The van der Waals surface area contributed by atoms with Gasteiger partial charge in [0.05, 0.1) is 12.8 Å². The summed E-state index contributed by atoms with van der Waals surface area (Å²) in [6.45, 7) is 2.15. The molecule has 2 aromatic heterocycles. The van der Waals surface area contributed by atoms with Crippen molar-refractivity contribution in [3.8, 4) is 27.7 Å². The molecule has 28 heavy (non-hydrogen) atoms. The Morgan fingerprint density at radius 1 is 1.07 bits per heavy atom. The molecule has 2 aromatic carbocycles. The lowest BCUT2D eigenvalue weighted by atomic mass is 10.1. The first-order chi connectivity index (χ1) is 13.7. The summed E-state index contributed by atoms with van der Waals surface area (Å²) in [5.74, 6) is 2.36. The third kappa shape index (κ3) is 4.26. The van der Waals surface area contributed by atoms with Crippen molar-refractivity contribution in [2.75, 3.05) is 7.11 Å². The van der Waals surface area contributed by atoms with E-state index in [2.05, 4.69) is 51.8 Å². The Morgan fingerprint density at radius 2 is 1.93 bits per heavy atom. The van der Waals surface area contributed by atoms with E-state index in [1.807, 2.05) is 24.3 Å². The van der Waals surface area contributed by atoms with Crippen LogP contribution < -0.4 is 4.74 Å². The van der Waals surface area contributed by atoms with Crippen molar-refractivity contribution in [2.24, 2.45) is 0 Å². The van der Waals surface area contributed by atoms with Gasteiger partial charge in [-0.3, -0.25) is 5.10 Å². The molecule has 0 saturated carbocycles. The number of nitrogens with zero attached hydrogens (tertiary/aromatic N) is 3. The summed E-state index contributed by atoms with van der Waals surface area (Å²) >= 11 is 3.21. The summed E-state index contributed by atoms with van der Waals surface area (Å²) in [5.41, 5.74) is 4.45. The van der Waals surface area contributed by atoms with E-state index in [1.165, 1.54) is 5.56 Å². The van der Waals surface area contributed by atoms with Gasteiger partial charge in [-0.2, -0.15) is 0 Å². The van der Waals surface area contributed by atoms with Crippen LogP contribution in [0, 0.1) is 0 Å². The second kappa shape index (κ2) is 8.58. The van der Waals surface area contributed by atoms with Crippen LogP contribution in [-0.4, -0.2) is 27.3 Å². The molecular weight excluding hydrogens is 388 g/mol. The monoisotopic (exact) mass is 408 g/mol. The minimum Gasteiger partial charge on any atom is -0.497 e. The summed E-state index contributed by atoms with van der Waals surface area (Å²) in [7, 11) is 1.67. The smallest absolute Gasteiger partial charge is 0.209 e. The molecule has 0 aliphatic carbocycles. The molecule has 0 fully saturated rings. The topological polar surface area (TPSA) is 63.7 Å². The Labute approximate surface area is 172 Å². The van der Waals surface area contributed by atoms with Crippen LogP contribution in [-0.2, 0) is 12.2 Å². The molecule has 1 N–H and O–H groups in total. The molecule has 0 unspecified atom stereocenters. The number of thiazole rings is 1. The van der Waals surface area contributed by atoms with Gasteiger partial charge in [0.2, 0.25) is 5.16 Å². The molecule has 4 rings (SSSR count). The molecule has 4 aromatic rings. The van der Waals surface area contributed by atoms with Gasteiger partial charge in [0, 0.05) is 22.3 Å². The molecule has 0 atom stereocenters. The number of thioether (sulfide) groups is 1. The highest BCUT2D eigenvalue weighted by Crippen LogP contribution is 2.29. The zero-order chi connectivity index (χ0) is 19.3. The molecular formula is C21H20N4OS2. The average Bonchev–Trinajstić information content (AvgIpc) is 3.42. The highest BCUT2D eigenvalue weighted by atomic mass is 32.2. The minimum atomic E-state index is 0.727. The van der Waals surface area contributed by atoms with Gasteiger partial charge < -0.3 is 4.74 Å². The summed E-state index contributed by atoms with van der Waals surface area (Å²) in [6, 6.07) is 16.4. The van der Waals surface area contributed by atoms with Gasteiger partial charge in [0.1, 0.15) is 10.8 Å². The third-order valence-electron chi connectivity index (χ3n) is 4.32. The van der Waals surface area contributed by atoms with Crippen molar-refractivity contribution in [1.82, 2.24) is 20.2 Å². The van der Waals surface area contributed by atoms with Gasteiger partial charge in [0.15, 0.2) is 5.82 Å². The molecule has 0 aliphatic heterocycles. The number of H-pyrrole nitrogens is 1. The van der Waals surface area contributed by atoms with Crippen molar-refractivity contribution in [1.29, 1.82) is 0 Å². The highest BCUT2D eigenvalue weighted by Gasteiger charge is 2.10. The highest BCUT2D eigenvalue weighted by molar-refractivity contribution is 7.98. The first-order valence-electron chi connectivity index (χ1n) is 8.98. The van der Waals surface area contributed by atoms with Crippen molar-refractivity contribution in [3.05, 3.63) is 65.2 Å². The van der Waals surface area contributed by atoms with Crippen LogP contribution in [0.1, 0.15) is 18.2 Å². The van der Waals surface area contributed by atoms with E-state index in [4.69, 9.17) is 9.72 Å². The van der Waals surface area contributed by atoms with Gasteiger partial charge in [-0.15, -0.1) is 16.4 Å². The average molecular weight is 409 g/mol. The molecule has 7 heteroatoms. The lowest BCUT2D eigenvalue weighted by Crippen LogP contribution is -1.85. The van der Waals surface area contributed by atoms with Crippen LogP contribution in [0.15, 0.2) is 59.1 Å². The van der Waals surface area contributed by atoms with Gasteiger partial charge >= 0.3 is 0 Å². The van der Waals surface area contributed by atoms with E-state index < -0.39 is 0 Å². The number of hydrogen-bond donors (Lipinski definition) is 1. The number of methoxy groups -OCH3 is 1. The normalized spacial score (nSPS) is 10.9. The Morgan fingerprint density at radius 3 is 2.71 bits per heavy atom. The van der Waals surface area contributed by atoms with E-state index >= 15 is 0 Å². The number of aromatic amines is 1. The van der Waals surface area contributed by atoms with Crippen LogP contribution in [0.4, 0.5) is 0 Å². The van der Waals surface area contributed by atoms with Gasteiger partial charge in [-0.1, -0.05) is 55.1 Å². The fourth-order valence-corrected chi connectivity index (χ4v) is 4.35. The summed E-state index contributed by atoms with van der Waals surface area (Å²) < 4.78 is 5.29. The maximum absolute atomic E-state index is 5.29. The van der Waals surface area contributed by atoms with Crippen molar-refractivity contribution in [3.63, 3.8) is 0 Å². The van der Waals surface area contributed by atoms with E-state index in [9.17, 15) is 0 Å². The van der Waals surface area contributed by atoms with Crippen LogP contribution in [0.3, 0.4) is 0 Å². The first-order valence-corrected chi connectivity index (χ1v) is 10.8. The largest absolute Gasteiger partial charge is 0.497 e. The Balaban J connectivity index is 1.41. The van der Waals surface area contributed by atoms with Gasteiger partial charge in [0.25, 0.3) is 0 Å². The number of benzene rings is 2. The second-order valence-corrected chi connectivity index (χ2v) is 7.98. The lowest BCUT2D eigenvalue weighted by Gasteiger charge is -2.01. The van der Waals surface area contributed by atoms with E-state index in [1.54, 1.807) is 30.2 Å². The first kappa shape index (κ1) is 18.7. The maximum atomic E-state index is 5.29. The molecule has 0 radical (unpaired) electrons. The summed E-state index contributed by atoms with van der Waals surface area (Å²) in [5, 5.41) is 11.1. The molecule has 0 aliphatic rings. The number of ether oxygens (including phenoxy) is 1. The standard InChI is InChI=1S/C21H20N4OS2/c1-3-14-7-9-15(10-8-14)19-23-21(25-24-19)28-13-17-12-27-20(22-17)16-5-4-6-18(11-16)26-2/h4-12H,3,13H2,1-2H3,(H,23,24,25). The molecule has 0 bridgehead atoms. The number of aryl methyl sites for hydroxylation is 1. The summed E-state index contributed by atoms with van der Waals surface area (Å²) in [4.78, 5) is 9.33. The van der Waals surface area contributed by atoms with E-state index in [0.717, 1.165) is 50.7 Å². The molecule has 0 saturated heterocycles. The zero-order valence-electron chi connectivity index (χ0n) is 15.7. The maximum Gasteiger partial charge on any atom is 0.209 e. The second-order valence-electron chi connectivity index (χ2n) is 6.18. The molecule has 142 valence electrons. The van der Waals surface area contributed by atoms with Crippen LogP contribution in [0.25, 0.3) is 22.0 Å². The molecule has 0 amide bonds. The van der Waals surface area contributed by atoms with E-state index in [0.29, 0.717) is 0 Å². The molecule has 5 nitrogen and oxygen atoms in total. The Hall–Kier alpha value is -2.64. The van der Waals surface area contributed by atoms with E-state index in [-0.39, 0.29) is 0 Å². The summed E-state index contributed by atoms with van der Waals surface area (Å²) in [6.07, 6.45) is 1.03. The number of nitrogens with one attached hydrogen (secondary N) is 1. The molecule has 0 spiro atoms. The molecule has 2 heterocycles. The van der Waals surface area contributed by atoms with Gasteiger partial charge in [-0.05, 0) is 24.1 Å². The predicted molar refractivity (Wildman–Crippen MR) is 115 cm³/mol. The fourth-order valence-electron chi connectivity index (χ4n) is 2.74. The quantitative estimate of drug-likeness (QED) is 0.412. The predicted octanol–water partition coefficient (Wildman–Crippen LogP) is 5.46. The fraction of sp³-hybridized carbons (Fsp3) is 0.190. The Bertz CT molecular complexity index is 1060.